The summed E-state index contributed by atoms with van der Waals surface area (Å²) in [4.78, 5) is 0.158. The van der Waals surface area contributed by atoms with Crippen LogP contribution in [0.3, 0.4) is 0 Å². The predicted molar refractivity (Wildman–Crippen MR) is 70.8 cm³/mol. The normalized spacial score (nSPS) is 11.5. The molecule has 4 nitrogen and oxygen atoms in total. The van der Waals surface area contributed by atoms with Crippen molar-refractivity contribution in [3.63, 3.8) is 0 Å². The van der Waals surface area contributed by atoms with Crippen LogP contribution >= 0.6 is 15.9 Å². The van der Waals surface area contributed by atoms with Crippen molar-refractivity contribution in [2.75, 3.05) is 13.7 Å². The molecular formula is C11H16BrNO3S. The second-order valence-electron chi connectivity index (χ2n) is 3.55. The Morgan fingerprint density at radius 2 is 2.12 bits per heavy atom. The van der Waals surface area contributed by atoms with Gasteiger partial charge in [-0.05, 0) is 24.6 Å². The fourth-order valence-electron chi connectivity index (χ4n) is 1.32. The van der Waals surface area contributed by atoms with Gasteiger partial charge in [-0.2, -0.15) is 0 Å². The van der Waals surface area contributed by atoms with Gasteiger partial charge in [-0.1, -0.05) is 29.3 Å². The van der Waals surface area contributed by atoms with Gasteiger partial charge in [0.1, 0.15) is 10.6 Å². The minimum absolute atomic E-state index is 0.158. The fourth-order valence-corrected chi connectivity index (χ4v) is 3.10. The number of methoxy groups -OCH3 is 1. The summed E-state index contributed by atoms with van der Waals surface area (Å²) in [6.45, 7) is 2.45. The number of rotatable bonds is 6. The van der Waals surface area contributed by atoms with Crippen LogP contribution < -0.4 is 9.46 Å². The number of hydrogen-bond acceptors (Lipinski definition) is 3. The lowest BCUT2D eigenvalue weighted by Gasteiger charge is -2.10. The molecule has 96 valence electrons. The Bertz CT molecular complexity index is 474. The minimum Gasteiger partial charge on any atom is -0.495 e. The monoisotopic (exact) mass is 321 g/mol. The van der Waals surface area contributed by atoms with Crippen LogP contribution in [0.25, 0.3) is 0 Å². The predicted octanol–water partition coefficient (Wildman–Crippen LogP) is 2.54. The zero-order chi connectivity index (χ0) is 12.9. The summed E-state index contributed by atoms with van der Waals surface area (Å²) in [6, 6.07) is 4.90. The summed E-state index contributed by atoms with van der Waals surface area (Å²) in [5, 5.41) is 0. The third-order valence-electron chi connectivity index (χ3n) is 2.24. The van der Waals surface area contributed by atoms with E-state index in [-0.39, 0.29) is 4.90 Å². The van der Waals surface area contributed by atoms with E-state index >= 15 is 0 Å². The van der Waals surface area contributed by atoms with Crippen molar-refractivity contribution in [1.29, 1.82) is 0 Å². The van der Waals surface area contributed by atoms with Gasteiger partial charge in [0, 0.05) is 11.0 Å². The quantitative estimate of drug-likeness (QED) is 0.819. The van der Waals surface area contributed by atoms with Crippen LogP contribution in [0, 0.1) is 0 Å². The van der Waals surface area contributed by atoms with Gasteiger partial charge in [0.25, 0.3) is 0 Å². The van der Waals surface area contributed by atoms with Gasteiger partial charge in [-0.3, -0.25) is 0 Å². The molecule has 1 rings (SSSR count). The zero-order valence-corrected chi connectivity index (χ0v) is 12.3. The topological polar surface area (TPSA) is 55.4 Å². The largest absolute Gasteiger partial charge is 0.495 e. The molecule has 0 aromatic heterocycles. The molecule has 17 heavy (non-hydrogen) atoms. The van der Waals surface area contributed by atoms with Crippen molar-refractivity contribution < 1.29 is 13.2 Å². The maximum Gasteiger partial charge on any atom is 0.244 e. The van der Waals surface area contributed by atoms with Gasteiger partial charge >= 0.3 is 0 Å². The van der Waals surface area contributed by atoms with E-state index in [0.717, 1.165) is 12.8 Å². The molecule has 0 atom stereocenters. The van der Waals surface area contributed by atoms with Crippen LogP contribution in [-0.2, 0) is 10.0 Å². The van der Waals surface area contributed by atoms with Crippen LogP contribution in [0.4, 0.5) is 0 Å². The Labute approximate surface area is 111 Å². The first-order valence-electron chi connectivity index (χ1n) is 5.34. The first-order valence-corrected chi connectivity index (χ1v) is 7.62. The Morgan fingerprint density at radius 3 is 2.71 bits per heavy atom. The Morgan fingerprint density at radius 1 is 1.41 bits per heavy atom. The van der Waals surface area contributed by atoms with Gasteiger partial charge < -0.3 is 4.74 Å². The summed E-state index contributed by atoms with van der Waals surface area (Å²) < 4.78 is 32.4. The fraction of sp³-hybridized carbons (Fsp3) is 0.455. The summed E-state index contributed by atoms with van der Waals surface area (Å²) in [5.74, 6) is 0.345. The Balaban J connectivity index is 3.00. The van der Waals surface area contributed by atoms with Crippen LogP contribution in [-0.4, -0.2) is 22.1 Å². The second kappa shape index (κ2) is 6.37. The standard InChI is InChI=1S/C11H16BrNO3S/c1-3-4-7-13-17(14,15)11-8-9(12)5-6-10(11)16-2/h5-6,8,13H,3-4,7H2,1-2H3. The van der Waals surface area contributed by atoms with E-state index < -0.39 is 10.0 Å². The van der Waals surface area contributed by atoms with Gasteiger partial charge in [0.05, 0.1) is 7.11 Å². The molecule has 0 saturated heterocycles. The van der Waals surface area contributed by atoms with E-state index in [1.165, 1.54) is 13.2 Å². The molecule has 0 aliphatic rings. The summed E-state index contributed by atoms with van der Waals surface area (Å²) in [6.07, 6.45) is 1.76. The van der Waals surface area contributed by atoms with Crippen molar-refractivity contribution in [2.24, 2.45) is 0 Å². The smallest absolute Gasteiger partial charge is 0.244 e. The summed E-state index contributed by atoms with van der Waals surface area (Å²) in [7, 11) is -2.05. The molecule has 0 radical (unpaired) electrons. The molecule has 0 fully saturated rings. The van der Waals surface area contributed by atoms with Crippen molar-refractivity contribution >= 4 is 26.0 Å². The third kappa shape index (κ3) is 3.97. The van der Waals surface area contributed by atoms with E-state index in [1.54, 1.807) is 12.1 Å². The van der Waals surface area contributed by atoms with Gasteiger partial charge in [-0.15, -0.1) is 0 Å². The minimum atomic E-state index is -3.50. The van der Waals surface area contributed by atoms with Gasteiger partial charge in [0.2, 0.25) is 10.0 Å². The maximum absolute atomic E-state index is 12.0. The number of hydrogen-bond donors (Lipinski definition) is 1. The average molecular weight is 322 g/mol. The number of benzene rings is 1. The molecular weight excluding hydrogens is 306 g/mol. The molecule has 0 saturated carbocycles. The average Bonchev–Trinajstić information content (AvgIpc) is 2.29. The molecule has 0 heterocycles. The molecule has 1 N–H and O–H groups in total. The van der Waals surface area contributed by atoms with Crippen molar-refractivity contribution in [2.45, 2.75) is 24.7 Å². The molecule has 0 spiro atoms. The van der Waals surface area contributed by atoms with E-state index in [9.17, 15) is 8.42 Å². The number of sulfonamides is 1. The SMILES string of the molecule is CCCCNS(=O)(=O)c1cc(Br)ccc1OC. The molecule has 1 aromatic carbocycles. The highest BCUT2D eigenvalue weighted by molar-refractivity contribution is 9.10. The van der Waals surface area contributed by atoms with Crippen LogP contribution in [0.15, 0.2) is 27.6 Å². The molecule has 0 unspecified atom stereocenters. The highest BCUT2D eigenvalue weighted by atomic mass is 79.9. The number of unbranched alkanes of at least 4 members (excludes halogenated alkanes) is 1. The molecule has 0 aliphatic heterocycles. The van der Waals surface area contributed by atoms with Crippen LogP contribution in [0.1, 0.15) is 19.8 Å². The molecule has 0 aliphatic carbocycles. The first-order chi connectivity index (χ1) is 8.01. The maximum atomic E-state index is 12.0. The van der Waals surface area contributed by atoms with Gasteiger partial charge in [-0.25, -0.2) is 13.1 Å². The summed E-state index contributed by atoms with van der Waals surface area (Å²) in [5.41, 5.74) is 0. The lowest BCUT2D eigenvalue weighted by atomic mass is 10.3. The lowest BCUT2D eigenvalue weighted by Crippen LogP contribution is -2.25. The Kier molecular flexibility index (Phi) is 5.42. The number of halogens is 1. The highest BCUT2D eigenvalue weighted by Gasteiger charge is 2.19. The first kappa shape index (κ1) is 14.5. The number of nitrogens with one attached hydrogen (secondary N) is 1. The molecule has 0 bridgehead atoms. The van der Waals surface area contributed by atoms with Crippen LogP contribution in [0.5, 0.6) is 5.75 Å². The molecule has 1 aromatic rings. The van der Waals surface area contributed by atoms with E-state index in [0.29, 0.717) is 16.8 Å². The van der Waals surface area contributed by atoms with E-state index in [2.05, 4.69) is 20.7 Å². The zero-order valence-electron chi connectivity index (χ0n) is 9.86. The lowest BCUT2D eigenvalue weighted by molar-refractivity contribution is 0.402. The molecule has 0 amide bonds. The third-order valence-corrected chi connectivity index (χ3v) is 4.21. The van der Waals surface area contributed by atoms with Crippen LogP contribution in [0.2, 0.25) is 0 Å². The highest BCUT2D eigenvalue weighted by Crippen LogP contribution is 2.26. The van der Waals surface area contributed by atoms with Crippen molar-refractivity contribution in [3.8, 4) is 5.75 Å². The second-order valence-corrected chi connectivity index (χ2v) is 6.20. The summed E-state index contributed by atoms with van der Waals surface area (Å²) >= 11 is 3.25. The van der Waals surface area contributed by atoms with Crippen molar-refractivity contribution in [3.05, 3.63) is 22.7 Å². The van der Waals surface area contributed by atoms with Gasteiger partial charge in [0.15, 0.2) is 0 Å². The van der Waals surface area contributed by atoms with E-state index in [4.69, 9.17) is 4.74 Å². The Hall–Kier alpha value is -0.590. The van der Waals surface area contributed by atoms with Crippen molar-refractivity contribution in [1.82, 2.24) is 4.72 Å². The van der Waals surface area contributed by atoms with E-state index in [1.807, 2.05) is 6.92 Å². The number of ether oxygens (including phenoxy) is 1. The molecule has 6 heteroatoms.